The SMILES string of the molecule is CCOC(=O)CCCOc1cccc(C(=O)O)c1N(Cc1ccccc1)S(=O)(=O)c1ccc(OC)cc1. The van der Waals surface area contributed by atoms with Crippen molar-refractivity contribution in [1.29, 1.82) is 0 Å². The van der Waals surface area contributed by atoms with Crippen molar-refractivity contribution in [2.75, 3.05) is 24.6 Å². The molecule has 0 amide bonds. The van der Waals surface area contributed by atoms with Crippen molar-refractivity contribution < 1.29 is 37.3 Å². The molecule has 0 aliphatic heterocycles. The summed E-state index contributed by atoms with van der Waals surface area (Å²) in [6.45, 7) is 1.89. The quantitative estimate of drug-likeness (QED) is 0.255. The van der Waals surface area contributed by atoms with Crippen LogP contribution in [0.1, 0.15) is 35.7 Å². The predicted octanol–water partition coefficient (Wildman–Crippen LogP) is 4.51. The van der Waals surface area contributed by atoms with Crippen molar-refractivity contribution in [3.8, 4) is 11.5 Å². The van der Waals surface area contributed by atoms with Gasteiger partial charge in [0, 0.05) is 6.42 Å². The van der Waals surface area contributed by atoms with Gasteiger partial charge in [0.2, 0.25) is 0 Å². The zero-order valence-electron chi connectivity index (χ0n) is 20.6. The first kappa shape index (κ1) is 27.5. The maximum atomic E-state index is 13.9. The molecular formula is C27H29NO8S. The number of benzene rings is 3. The number of esters is 1. The Morgan fingerprint density at radius 1 is 0.946 bits per heavy atom. The Morgan fingerprint density at radius 3 is 2.27 bits per heavy atom. The van der Waals surface area contributed by atoms with Crippen LogP contribution in [0.3, 0.4) is 0 Å². The monoisotopic (exact) mass is 527 g/mol. The highest BCUT2D eigenvalue weighted by Gasteiger charge is 2.31. The molecule has 3 rings (SSSR count). The number of carboxylic acids is 1. The van der Waals surface area contributed by atoms with Crippen molar-refractivity contribution in [3.05, 3.63) is 83.9 Å². The van der Waals surface area contributed by atoms with Gasteiger partial charge in [-0.25, -0.2) is 13.2 Å². The van der Waals surface area contributed by atoms with Gasteiger partial charge in [0.05, 0.1) is 37.3 Å². The van der Waals surface area contributed by atoms with E-state index >= 15 is 0 Å². The third kappa shape index (κ3) is 7.01. The fraction of sp³-hybridized carbons (Fsp3) is 0.259. The number of nitrogens with zero attached hydrogens (tertiary/aromatic N) is 1. The predicted molar refractivity (Wildman–Crippen MR) is 138 cm³/mol. The number of aromatic carboxylic acids is 1. The first-order valence-corrected chi connectivity index (χ1v) is 13.1. The summed E-state index contributed by atoms with van der Waals surface area (Å²) in [5, 5.41) is 9.96. The Balaban J connectivity index is 2.07. The molecule has 1 N–H and O–H groups in total. The number of rotatable bonds is 13. The molecule has 10 heteroatoms. The number of carbonyl (C=O) groups excluding carboxylic acids is 1. The number of para-hydroxylation sites is 1. The van der Waals surface area contributed by atoms with Gasteiger partial charge in [0.15, 0.2) is 0 Å². The van der Waals surface area contributed by atoms with E-state index in [4.69, 9.17) is 14.2 Å². The van der Waals surface area contributed by atoms with Crippen molar-refractivity contribution in [3.63, 3.8) is 0 Å². The van der Waals surface area contributed by atoms with E-state index in [-0.39, 0.29) is 54.0 Å². The van der Waals surface area contributed by atoms with Gasteiger partial charge in [-0.3, -0.25) is 9.10 Å². The summed E-state index contributed by atoms with van der Waals surface area (Å²) in [6.07, 6.45) is 0.416. The summed E-state index contributed by atoms with van der Waals surface area (Å²) in [5.74, 6) is -1.14. The highest BCUT2D eigenvalue weighted by atomic mass is 32.2. The van der Waals surface area contributed by atoms with Gasteiger partial charge in [-0.1, -0.05) is 36.4 Å². The fourth-order valence-corrected chi connectivity index (χ4v) is 5.09. The Bertz CT molecular complexity index is 1310. The number of anilines is 1. The minimum atomic E-state index is -4.25. The second-order valence-electron chi connectivity index (χ2n) is 7.89. The molecule has 0 bridgehead atoms. The standard InChI is InChI=1S/C27H29NO8S/c1-3-35-25(29)13-8-18-36-24-12-7-11-23(27(30)31)26(24)28(19-20-9-5-4-6-10-20)37(32,33)22-16-14-21(34-2)15-17-22/h4-7,9-12,14-17H,3,8,13,18-19H2,1-2H3,(H,30,31). The van der Waals surface area contributed by atoms with Crippen LogP contribution in [0.5, 0.6) is 11.5 Å². The maximum absolute atomic E-state index is 13.9. The number of carboxylic acid groups (broad SMARTS) is 1. The molecule has 0 saturated carbocycles. The third-order valence-corrected chi connectivity index (χ3v) is 7.14. The third-order valence-electron chi connectivity index (χ3n) is 5.38. The normalized spacial score (nSPS) is 11.0. The van der Waals surface area contributed by atoms with Crippen LogP contribution in [0.25, 0.3) is 0 Å². The first-order valence-electron chi connectivity index (χ1n) is 11.6. The molecule has 9 nitrogen and oxygen atoms in total. The second kappa shape index (κ2) is 12.8. The van der Waals surface area contributed by atoms with Gasteiger partial charge >= 0.3 is 11.9 Å². The summed E-state index contributed by atoms with van der Waals surface area (Å²) < 4.78 is 44.8. The van der Waals surface area contributed by atoms with Crippen LogP contribution in [0.2, 0.25) is 0 Å². The van der Waals surface area contributed by atoms with Crippen LogP contribution >= 0.6 is 0 Å². The minimum Gasteiger partial charge on any atom is -0.497 e. The van der Waals surface area contributed by atoms with Crippen molar-refractivity contribution in [1.82, 2.24) is 0 Å². The number of ether oxygens (including phenoxy) is 3. The summed E-state index contributed by atoms with van der Waals surface area (Å²) in [4.78, 5) is 23.8. The molecule has 0 radical (unpaired) electrons. The average molecular weight is 528 g/mol. The van der Waals surface area contributed by atoms with Crippen molar-refractivity contribution >= 4 is 27.6 Å². The summed E-state index contributed by atoms with van der Waals surface area (Å²) in [5.41, 5.74) is 0.301. The number of methoxy groups -OCH3 is 1. The van der Waals surface area contributed by atoms with Crippen LogP contribution in [0, 0.1) is 0 Å². The molecule has 0 heterocycles. The largest absolute Gasteiger partial charge is 0.497 e. The molecule has 0 aliphatic rings. The molecule has 3 aromatic rings. The Labute approximate surface area is 216 Å². The number of hydrogen-bond donors (Lipinski definition) is 1. The lowest BCUT2D eigenvalue weighted by Gasteiger charge is -2.28. The molecule has 0 spiro atoms. The molecule has 0 unspecified atom stereocenters. The molecule has 37 heavy (non-hydrogen) atoms. The van der Waals surface area contributed by atoms with Gasteiger partial charge in [-0.15, -0.1) is 0 Å². The molecule has 0 fully saturated rings. The topological polar surface area (TPSA) is 119 Å². The van der Waals surface area contributed by atoms with Gasteiger partial charge < -0.3 is 19.3 Å². The highest BCUT2D eigenvalue weighted by molar-refractivity contribution is 7.92. The van der Waals surface area contributed by atoms with Gasteiger partial charge in [-0.2, -0.15) is 0 Å². The highest BCUT2D eigenvalue weighted by Crippen LogP contribution is 2.38. The van der Waals surface area contributed by atoms with E-state index in [1.54, 1.807) is 37.3 Å². The number of carbonyl (C=O) groups is 2. The zero-order chi connectivity index (χ0) is 26.8. The lowest BCUT2D eigenvalue weighted by molar-refractivity contribution is -0.143. The summed E-state index contributed by atoms with van der Waals surface area (Å²) in [7, 11) is -2.77. The second-order valence-corrected chi connectivity index (χ2v) is 9.75. The van der Waals surface area contributed by atoms with Gasteiger partial charge in [0.1, 0.15) is 17.2 Å². The summed E-state index contributed by atoms with van der Waals surface area (Å²) in [6, 6.07) is 19.0. The average Bonchev–Trinajstić information content (AvgIpc) is 2.90. The van der Waals surface area contributed by atoms with Crippen LogP contribution < -0.4 is 13.8 Å². The molecule has 0 atom stereocenters. The van der Waals surface area contributed by atoms with E-state index in [1.165, 1.54) is 49.6 Å². The van der Waals surface area contributed by atoms with E-state index in [1.807, 2.05) is 0 Å². The lowest BCUT2D eigenvalue weighted by atomic mass is 10.1. The van der Waals surface area contributed by atoms with Crippen molar-refractivity contribution in [2.45, 2.75) is 31.2 Å². The lowest BCUT2D eigenvalue weighted by Crippen LogP contribution is -2.32. The first-order chi connectivity index (χ1) is 17.8. The number of sulfonamides is 1. The van der Waals surface area contributed by atoms with Crippen LogP contribution in [0.4, 0.5) is 5.69 Å². The molecule has 0 aliphatic carbocycles. The minimum absolute atomic E-state index is 0.0438. The zero-order valence-corrected chi connectivity index (χ0v) is 21.4. The van der Waals surface area contributed by atoms with E-state index in [0.29, 0.717) is 17.7 Å². The maximum Gasteiger partial charge on any atom is 0.337 e. The molecule has 0 aromatic heterocycles. The molecule has 196 valence electrons. The Hall–Kier alpha value is -4.05. The van der Waals surface area contributed by atoms with Crippen LogP contribution in [-0.4, -0.2) is 45.8 Å². The smallest absolute Gasteiger partial charge is 0.337 e. The van der Waals surface area contributed by atoms with Gasteiger partial charge in [-0.05, 0) is 55.3 Å². The van der Waals surface area contributed by atoms with Crippen LogP contribution in [-0.2, 0) is 26.1 Å². The molecule has 3 aromatic carbocycles. The van der Waals surface area contributed by atoms with E-state index < -0.39 is 16.0 Å². The van der Waals surface area contributed by atoms with Gasteiger partial charge in [0.25, 0.3) is 10.0 Å². The van der Waals surface area contributed by atoms with Crippen molar-refractivity contribution in [2.24, 2.45) is 0 Å². The molecule has 0 saturated heterocycles. The Kier molecular flexibility index (Phi) is 9.51. The van der Waals surface area contributed by atoms with Crippen LogP contribution in [0.15, 0.2) is 77.7 Å². The number of hydrogen-bond acceptors (Lipinski definition) is 7. The molecular weight excluding hydrogens is 498 g/mol. The summed E-state index contributed by atoms with van der Waals surface area (Å²) >= 11 is 0. The Morgan fingerprint density at radius 2 is 1.65 bits per heavy atom. The van der Waals surface area contributed by atoms with E-state index in [2.05, 4.69) is 0 Å². The fourth-order valence-electron chi connectivity index (χ4n) is 3.61. The van der Waals surface area contributed by atoms with E-state index in [0.717, 1.165) is 4.31 Å². The van der Waals surface area contributed by atoms with E-state index in [9.17, 15) is 23.1 Å².